The molecule has 5 atom stereocenters. The molecule has 1 saturated heterocycles. The average molecular weight is 541 g/mol. The van der Waals surface area contributed by atoms with Crippen LogP contribution in [-0.4, -0.2) is 90.0 Å². The molecule has 0 bridgehead atoms. The molecule has 1 fully saturated rings. The minimum Gasteiger partial charge on any atom is -0.467 e. The molecule has 0 saturated carbocycles. The molecule has 0 radical (unpaired) electrons. The van der Waals surface area contributed by atoms with E-state index in [9.17, 15) is 29.2 Å². The zero-order valence-corrected chi connectivity index (χ0v) is 21.4. The summed E-state index contributed by atoms with van der Waals surface area (Å²) >= 11 is 0.908. The van der Waals surface area contributed by atoms with Crippen LogP contribution in [0.15, 0.2) is 35.5 Å². The fraction of sp³-hybridized carbons (Fsp3) is 0.478. The van der Waals surface area contributed by atoms with Gasteiger partial charge in [-0.3, -0.25) is 19.2 Å². The fourth-order valence-electron chi connectivity index (χ4n) is 3.33. The Kier molecular flexibility index (Phi) is 11.3. The van der Waals surface area contributed by atoms with Crippen molar-refractivity contribution in [2.75, 3.05) is 19.5 Å². The number of hydrogen-bond donors (Lipinski definition) is 2. The smallest absolute Gasteiger partial charge is 0.329 e. The summed E-state index contributed by atoms with van der Waals surface area (Å²) in [4.78, 5) is 59.9. The van der Waals surface area contributed by atoms with Crippen LogP contribution in [0.25, 0.3) is 0 Å². The third-order valence-electron chi connectivity index (χ3n) is 4.90. The minimum atomic E-state index is -1.39. The number of nitrogens with zero attached hydrogens (tertiary/aromatic N) is 1. The van der Waals surface area contributed by atoms with E-state index < -0.39 is 59.6 Å². The summed E-state index contributed by atoms with van der Waals surface area (Å²) in [6.45, 7) is 2.99. The van der Waals surface area contributed by atoms with Gasteiger partial charge in [0.25, 0.3) is 5.91 Å². The largest absolute Gasteiger partial charge is 0.467 e. The second-order valence-electron chi connectivity index (χ2n) is 7.69. The van der Waals surface area contributed by atoms with Crippen LogP contribution in [0, 0.1) is 0 Å². The maximum atomic E-state index is 12.6. The zero-order valence-electron chi connectivity index (χ0n) is 20.6. The van der Waals surface area contributed by atoms with E-state index in [0.717, 1.165) is 39.6 Å². The van der Waals surface area contributed by atoms with Crippen LogP contribution in [0.2, 0.25) is 0 Å². The van der Waals surface area contributed by atoms with E-state index in [2.05, 4.69) is 10.5 Å². The fourth-order valence-corrected chi connectivity index (χ4v) is 4.49. The van der Waals surface area contributed by atoms with E-state index in [4.69, 9.17) is 23.7 Å². The first-order valence-corrected chi connectivity index (χ1v) is 12.0. The number of ether oxygens (including phenoxy) is 5. The van der Waals surface area contributed by atoms with Crippen LogP contribution in [0.5, 0.6) is 0 Å². The highest BCUT2D eigenvalue weighted by molar-refractivity contribution is 8.00. The van der Waals surface area contributed by atoms with Crippen LogP contribution < -0.4 is 5.32 Å². The number of methoxy groups -OCH3 is 1. The van der Waals surface area contributed by atoms with Crippen molar-refractivity contribution in [3.05, 3.63) is 35.9 Å². The molecule has 2 N–H and O–H groups in total. The van der Waals surface area contributed by atoms with Crippen molar-refractivity contribution in [1.29, 1.82) is 0 Å². The van der Waals surface area contributed by atoms with E-state index in [1.807, 2.05) is 0 Å². The molecule has 0 spiro atoms. The van der Waals surface area contributed by atoms with Gasteiger partial charge in [0.15, 0.2) is 12.2 Å². The lowest BCUT2D eigenvalue weighted by atomic mass is 10.00. The Labute approximate surface area is 216 Å². The number of nitrogens with one attached hydrogen (secondary N) is 1. The molecule has 1 heterocycles. The Morgan fingerprint density at radius 1 is 1.05 bits per heavy atom. The molecule has 1 aliphatic heterocycles. The van der Waals surface area contributed by atoms with Gasteiger partial charge in [-0.05, 0) is 12.1 Å². The number of hydrogen-bond acceptors (Lipinski definition) is 13. The lowest BCUT2D eigenvalue weighted by molar-refractivity contribution is -0.184. The van der Waals surface area contributed by atoms with Crippen LogP contribution in [0.1, 0.15) is 31.1 Å². The van der Waals surface area contributed by atoms with E-state index in [1.54, 1.807) is 30.3 Å². The molecule has 14 heteroatoms. The summed E-state index contributed by atoms with van der Waals surface area (Å²) in [5.41, 5.74) is -1.08. The molecule has 2 rings (SSSR count). The standard InChI is InChI=1S/C23H28N2O11S/c1-12(26)33-10-17-19(34-13(2)27)20(35-14(3)28)18(25-31)23(36-17)37-11-16(22(30)32-4)24-21(29)15-8-6-5-7-9-15/h5-9,16-17,19-20,23,31H,10-11H2,1-4H3,(H,24,29)/b25-18-/t16-,17+,19-,20+,23+/m0/s1. The van der Waals surface area contributed by atoms with E-state index in [-0.39, 0.29) is 18.1 Å². The number of rotatable bonds is 10. The number of carbonyl (C=O) groups is 5. The normalized spacial score (nSPS) is 22.9. The Balaban J connectivity index is 2.29. The van der Waals surface area contributed by atoms with Gasteiger partial charge >= 0.3 is 23.9 Å². The van der Waals surface area contributed by atoms with Crippen LogP contribution in [0.3, 0.4) is 0 Å². The maximum Gasteiger partial charge on any atom is 0.329 e. The quantitative estimate of drug-likeness (QED) is 0.184. The number of oxime groups is 1. The molecule has 0 aliphatic carbocycles. The molecular weight excluding hydrogens is 512 g/mol. The number of amides is 1. The monoisotopic (exact) mass is 540 g/mol. The SMILES string of the molecule is COC(=O)[C@H](CS[C@H]1O[C@H](COC(C)=O)[C@H](OC(C)=O)[C@H](OC(C)=O)/C1=N/O)NC(=O)c1ccccc1. The Morgan fingerprint density at radius 2 is 1.70 bits per heavy atom. The molecular formula is C23H28N2O11S. The van der Waals surface area contributed by atoms with Gasteiger partial charge in [0.1, 0.15) is 29.9 Å². The summed E-state index contributed by atoms with van der Waals surface area (Å²) < 4.78 is 26.2. The first-order chi connectivity index (χ1) is 17.6. The van der Waals surface area contributed by atoms with Crippen LogP contribution in [0.4, 0.5) is 0 Å². The Bertz CT molecular complexity index is 1020. The van der Waals surface area contributed by atoms with Gasteiger partial charge in [-0.15, -0.1) is 11.8 Å². The lowest BCUT2D eigenvalue weighted by Crippen LogP contribution is -2.59. The van der Waals surface area contributed by atoms with Crippen molar-refractivity contribution >= 4 is 47.3 Å². The maximum absolute atomic E-state index is 12.6. The van der Waals surface area contributed by atoms with Gasteiger partial charge < -0.3 is 34.2 Å². The summed E-state index contributed by atoms with van der Waals surface area (Å²) in [7, 11) is 1.15. The number of thioether (sulfide) groups is 1. The van der Waals surface area contributed by atoms with Crippen molar-refractivity contribution in [3.8, 4) is 0 Å². The molecule has 13 nitrogen and oxygen atoms in total. The predicted molar refractivity (Wildman–Crippen MR) is 128 cm³/mol. The molecule has 1 aromatic rings. The predicted octanol–water partition coefficient (Wildman–Crippen LogP) is 0.673. The molecule has 0 unspecified atom stereocenters. The van der Waals surface area contributed by atoms with E-state index >= 15 is 0 Å². The highest BCUT2D eigenvalue weighted by Crippen LogP contribution is 2.31. The average Bonchev–Trinajstić information content (AvgIpc) is 2.86. The summed E-state index contributed by atoms with van der Waals surface area (Å²) in [5, 5.41) is 15.5. The van der Waals surface area contributed by atoms with Gasteiger partial charge in [-0.1, -0.05) is 23.4 Å². The third kappa shape index (κ3) is 8.75. The lowest BCUT2D eigenvalue weighted by Gasteiger charge is -2.40. The molecule has 1 aliphatic rings. The molecule has 37 heavy (non-hydrogen) atoms. The van der Waals surface area contributed by atoms with Gasteiger partial charge in [0, 0.05) is 32.1 Å². The molecule has 0 aromatic heterocycles. The molecule has 202 valence electrons. The van der Waals surface area contributed by atoms with Gasteiger partial charge in [-0.2, -0.15) is 0 Å². The van der Waals surface area contributed by atoms with Crippen molar-refractivity contribution < 1.29 is 52.9 Å². The first kappa shape index (κ1) is 29.6. The van der Waals surface area contributed by atoms with Crippen LogP contribution >= 0.6 is 11.8 Å². The minimum absolute atomic E-state index is 0.125. The van der Waals surface area contributed by atoms with Crippen molar-refractivity contribution in [2.24, 2.45) is 5.16 Å². The summed E-state index contributed by atoms with van der Waals surface area (Å²) in [5.74, 6) is -3.58. The third-order valence-corrected chi connectivity index (χ3v) is 6.08. The summed E-state index contributed by atoms with van der Waals surface area (Å²) in [6, 6.07) is 7.04. The topological polar surface area (TPSA) is 176 Å². The number of benzene rings is 1. The van der Waals surface area contributed by atoms with E-state index in [0.29, 0.717) is 5.56 Å². The molecule has 1 amide bonds. The van der Waals surface area contributed by atoms with Crippen molar-refractivity contribution in [2.45, 2.75) is 50.6 Å². The second-order valence-corrected chi connectivity index (χ2v) is 8.78. The highest BCUT2D eigenvalue weighted by atomic mass is 32.2. The molecule has 1 aromatic carbocycles. The van der Waals surface area contributed by atoms with E-state index in [1.165, 1.54) is 0 Å². The van der Waals surface area contributed by atoms with Crippen molar-refractivity contribution in [1.82, 2.24) is 5.32 Å². The highest BCUT2D eigenvalue weighted by Gasteiger charge is 2.49. The summed E-state index contributed by atoms with van der Waals surface area (Å²) in [6.07, 6.45) is -3.83. The van der Waals surface area contributed by atoms with Gasteiger partial charge in [-0.25, -0.2) is 4.79 Å². The zero-order chi connectivity index (χ0) is 27.5. The Morgan fingerprint density at radius 3 is 2.24 bits per heavy atom. The Hall–Kier alpha value is -3.65. The van der Waals surface area contributed by atoms with Crippen molar-refractivity contribution in [3.63, 3.8) is 0 Å². The van der Waals surface area contributed by atoms with Gasteiger partial charge in [0.2, 0.25) is 0 Å². The number of carbonyl (C=O) groups excluding carboxylic acids is 5. The van der Waals surface area contributed by atoms with Gasteiger partial charge in [0.05, 0.1) is 7.11 Å². The first-order valence-electron chi connectivity index (χ1n) is 11.0. The second kappa shape index (κ2) is 14.2. The number of esters is 4. The van der Waals surface area contributed by atoms with Crippen LogP contribution in [-0.2, 0) is 42.9 Å².